The summed E-state index contributed by atoms with van der Waals surface area (Å²) >= 11 is 6.24. The van der Waals surface area contributed by atoms with Crippen LogP contribution < -0.4 is 10.2 Å². The number of carbonyl (C=O) groups is 1. The highest BCUT2D eigenvalue weighted by molar-refractivity contribution is 6.33. The molecule has 0 fully saturated rings. The van der Waals surface area contributed by atoms with Crippen LogP contribution in [0.15, 0.2) is 34.9 Å². The van der Waals surface area contributed by atoms with Crippen LogP contribution in [-0.4, -0.2) is 35.1 Å². The zero-order chi connectivity index (χ0) is 19.6. The van der Waals surface area contributed by atoms with Crippen LogP contribution in [0.4, 0.5) is 5.82 Å². The van der Waals surface area contributed by atoms with E-state index in [0.717, 1.165) is 11.5 Å². The highest BCUT2D eigenvalue weighted by Gasteiger charge is 2.23. The van der Waals surface area contributed by atoms with Crippen LogP contribution in [0.1, 0.15) is 27.6 Å². The fraction of sp³-hybridized carbons (Fsp3) is 0.263. The van der Waals surface area contributed by atoms with Crippen molar-refractivity contribution in [1.29, 1.82) is 0 Å². The average Bonchev–Trinajstić information content (AvgIpc) is 3.01. The molecule has 140 valence electrons. The fourth-order valence-corrected chi connectivity index (χ4v) is 2.87. The van der Waals surface area contributed by atoms with Gasteiger partial charge in [0.1, 0.15) is 28.7 Å². The zero-order valence-electron chi connectivity index (χ0n) is 15.6. The van der Waals surface area contributed by atoms with Gasteiger partial charge in [-0.15, -0.1) is 0 Å². The van der Waals surface area contributed by atoms with E-state index in [9.17, 15) is 4.79 Å². The molecule has 1 amide bonds. The molecule has 0 aliphatic carbocycles. The summed E-state index contributed by atoms with van der Waals surface area (Å²) in [6.07, 6.45) is 0. The van der Waals surface area contributed by atoms with Crippen LogP contribution >= 0.6 is 11.6 Å². The highest BCUT2D eigenvalue weighted by Crippen LogP contribution is 2.30. The van der Waals surface area contributed by atoms with Gasteiger partial charge < -0.3 is 14.7 Å². The SMILES string of the molecule is Cc1cc(N(C)C)nc(CNC(=O)c2c(-c3ccccc3Cl)noc2C)n1. The van der Waals surface area contributed by atoms with Crippen molar-refractivity contribution in [2.24, 2.45) is 0 Å². The smallest absolute Gasteiger partial charge is 0.257 e. The zero-order valence-corrected chi connectivity index (χ0v) is 16.3. The van der Waals surface area contributed by atoms with Crippen molar-refractivity contribution in [2.45, 2.75) is 20.4 Å². The molecular weight excluding hydrogens is 366 g/mol. The second-order valence-corrected chi connectivity index (χ2v) is 6.71. The molecule has 0 saturated carbocycles. The van der Waals surface area contributed by atoms with Gasteiger partial charge in [-0.1, -0.05) is 35.0 Å². The third kappa shape index (κ3) is 4.09. The number of nitrogens with one attached hydrogen (secondary N) is 1. The van der Waals surface area contributed by atoms with Crippen molar-refractivity contribution >= 4 is 23.3 Å². The van der Waals surface area contributed by atoms with Crippen LogP contribution in [0.25, 0.3) is 11.3 Å². The number of carbonyl (C=O) groups excluding carboxylic acids is 1. The van der Waals surface area contributed by atoms with Gasteiger partial charge in [0.05, 0.1) is 11.6 Å². The normalized spacial score (nSPS) is 10.7. The number of amides is 1. The molecule has 3 aromatic rings. The molecule has 0 radical (unpaired) electrons. The number of hydrogen-bond acceptors (Lipinski definition) is 6. The predicted molar refractivity (Wildman–Crippen MR) is 104 cm³/mol. The van der Waals surface area contributed by atoms with Crippen LogP contribution in [0.5, 0.6) is 0 Å². The van der Waals surface area contributed by atoms with Gasteiger partial charge in [0.25, 0.3) is 5.91 Å². The van der Waals surface area contributed by atoms with E-state index in [1.807, 2.05) is 44.1 Å². The number of halogens is 1. The Morgan fingerprint density at radius 2 is 1.96 bits per heavy atom. The second kappa shape index (κ2) is 7.75. The Bertz CT molecular complexity index is 984. The number of rotatable bonds is 5. The quantitative estimate of drug-likeness (QED) is 0.724. The summed E-state index contributed by atoms with van der Waals surface area (Å²) < 4.78 is 5.24. The monoisotopic (exact) mass is 385 g/mol. The number of anilines is 1. The second-order valence-electron chi connectivity index (χ2n) is 6.30. The van der Waals surface area contributed by atoms with Gasteiger partial charge in [0, 0.05) is 31.4 Å². The summed E-state index contributed by atoms with van der Waals surface area (Å²) in [6, 6.07) is 9.06. The first-order chi connectivity index (χ1) is 12.9. The van der Waals surface area contributed by atoms with E-state index in [2.05, 4.69) is 20.4 Å². The molecule has 2 heterocycles. The summed E-state index contributed by atoms with van der Waals surface area (Å²) in [7, 11) is 3.81. The van der Waals surface area contributed by atoms with E-state index in [4.69, 9.17) is 16.1 Å². The average molecular weight is 386 g/mol. The van der Waals surface area contributed by atoms with E-state index >= 15 is 0 Å². The lowest BCUT2D eigenvalue weighted by Crippen LogP contribution is -2.25. The van der Waals surface area contributed by atoms with Gasteiger partial charge in [0.15, 0.2) is 0 Å². The Balaban J connectivity index is 1.84. The van der Waals surface area contributed by atoms with Crippen molar-refractivity contribution in [3.05, 3.63) is 58.2 Å². The van der Waals surface area contributed by atoms with E-state index < -0.39 is 0 Å². The number of aromatic nitrogens is 3. The molecular formula is C19H20ClN5O2. The lowest BCUT2D eigenvalue weighted by atomic mass is 10.1. The maximum atomic E-state index is 12.8. The van der Waals surface area contributed by atoms with E-state index in [1.54, 1.807) is 19.1 Å². The standard InChI is InChI=1S/C19H20ClN5O2/c1-11-9-16(25(3)4)23-15(22-11)10-21-19(26)17-12(2)27-24-18(17)13-7-5-6-8-14(13)20/h5-9H,10H2,1-4H3,(H,21,26). The summed E-state index contributed by atoms with van der Waals surface area (Å²) in [5.41, 5.74) is 2.23. The van der Waals surface area contributed by atoms with Gasteiger partial charge in [0.2, 0.25) is 0 Å². The third-order valence-corrected chi connectivity index (χ3v) is 4.30. The van der Waals surface area contributed by atoms with Crippen molar-refractivity contribution in [1.82, 2.24) is 20.4 Å². The Labute approximate surface area is 162 Å². The van der Waals surface area contributed by atoms with Gasteiger partial charge >= 0.3 is 0 Å². The Morgan fingerprint density at radius 1 is 1.22 bits per heavy atom. The summed E-state index contributed by atoms with van der Waals surface area (Å²) in [4.78, 5) is 23.5. The molecule has 7 nitrogen and oxygen atoms in total. The van der Waals surface area contributed by atoms with Crippen LogP contribution in [0.3, 0.4) is 0 Å². The third-order valence-electron chi connectivity index (χ3n) is 3.97. The minimum absolute atomic E-state index is 0.188. The maximum Gasteiger partial charge on any atom is 0.257 e. The Morgan fingerprint density at radius 3 is 2.67 bits per heavy atom. The van der Waals surface area contributed by atoms with Crippen molar-refractivity contribution in [3.8, 4) is 11.3 Å². The topological polar surface area (TPSA) is 84.2 Å². The van der Waals surface area contributed by atoms with Gasteiger partial charge in [-0.05, 0) is 19.9 Å². The molecule has 0 aliphatic rings. The first-order valence-corrected chi connectivity index (χ1v) is 8.76. The first-order valence-electron chi connectivity index (χ1n) is 8.38. The number of hydrogen-bond donors (Lipinski definition) is 1. The first kappa shape index (κ1) is 18.8. The number of benzene rings is 1. The van der Waals surface area contributed by atoms with Crippen molar-refractivity contribution < 1.29 is 9.32 Å². The molecule has 2 aromatic heterocycles. The Kier molecular flexibility index (Phi) is 5.41. The van der Waals surface area contributed by atoms with Crippen LogP contribution in [0.2, 0.25) is 5.02 Å². The lowest BCUT2D eigenvalue weighted by Gasteiger charge is -2.13. The maximum absolute atomic E-state index is 12.8. The predicted octanol–water partition coefficient (Wildman–Crippen LogP) is 3.40. The summed E-state index contributed by atoms with van der Waals surface area (Å²) in [5, 5.41) is 7.35. The summed E-state index contributed by atoms with van der Waals surface area (Å²) in [5.74, 6) is 1.41. The number of nitrogens with zero attached hydrogens (tertiary/aromatic N) is 4. The lowest BCUT2D eigenvalue weighted by molar-refractivity contribution is 0.0949. The summed E-state index contributed by atoms with van der Waals surface area (Å²) in [6.45, 7) is 3.77. The molecule has 0 aliphatic heterocycles. The molecule has 0 atom stereocenters. The molecule has 8 heteroatoms. The molecule has 3 rings (SSSR count). The van der Waals surface area contributed by atoms with E-state index in [-0.39, 0.29) is 12.5 Å². The largest absolute Gasteiger partial charge is 0.363 e. The highest BCUT2D eigenvalue weighted by atomic mass is 35.5. The fourth-order valence-electron chi connectivity index (χ4n) is 2.64. The minimum Gasteiger partial charge on any atom is -0.363 e. The van der Waals surface area contributed by atoms with Crippen molar-refractivity contribution in [3.63, 3.8) is 0 Å². The minimum atomic E-state index is -0.319. The molecule has 0 bridgehead atoms. The van der Waals surface area contributed by atoms with Gasteiger partial charge in [-0.25, -0.2) is 9.97 Å². The molecule has 0 spiro atoms. The van der Waals surface area contributed by atoms with E-state index in [0.29, 0.717) is 33.4 Å². The Hall–Kier alpha value is -2.93. The van der Waals surface area contributed by atoms with Crippen LogP contribution in [-0.2, 0) is 6.54 Å². The molecule has 27 heavy (non-hydrogen) atoms. The molecule has 1 N–H and O–H groups in total. The van der Waals surface area contributed by atoms with E-state index in [1.165, 1.54) is 0 Å². The van der Waals surface area contributed by atoms with Gasteiger partial charge in [-0.2, -0.15) is 0 Å². The molecule has 1 aromatic carbocycles. The molecule has 0 saturated heterocycles. The van der Waals surface area contributed by atoms with Gasteiger partial charge in [-0.3, -0.25) is 4.79 Å². The van der Waals surface area contributed by atoms with Crippen LogP contribution in [0, 0.1) is 13.8 Å². The molecule has 0 unspecified atom stereocenters. The number of aryl methyl sites for hydroxylation is 2. The van der Waals surface area contributed by atoms with Crippen molar-refractivity contribution in [2.75, 3.05) is 19.0 Å².